The lowest BCUT2D eigenvalue weighted by atomic mass is 10.2. The Morgan fingerprint density at radius 3 is 2.87 bits per heavy atom. The predicted molar refractivity (Wildman–Crippen MR) is 53.6 cm³/mol. The van der Waals surface area contributed by atoms with Crippen LogP contribution in [0, 0.1) is 0 Å². The van der Waals surface area contributed by atoms with E-state index in [1.165, 1.54) is 19.4 Å². The number of carbonyl (C=O) groups is 2. The normalized spacial score (nSPS) is 9.47. The molecule has 0 aliphatic rings. The maximum Gasteiger partial charge on any atom is 0.357 e. The summed E-state index contributed by atoms with van der Waals surface area (Å²) in [5, 5.41) is 2.59. The molecule has 1 N–H and O–H groups in total. The summed E-state index contributed by atoms with van der Waals surface area (Å²) >= 11 is 0. The monoisotopic (exact) mass is 208 g/mol. The summed E-state index contributed by atoms with van der Waals surface area (Å²) in [4.78, 5) is 26.6. The minimum absolute atomic E-state index is 0.0333. The lowest BCUT2D eigenvalue weighted by Gasteiger charge is -2.05. The Kier molecular flexibility index (Phi) is 3.79. The molecule has 1 aromatic heterocycles. The van der Waals surface area contributed by atoms with E-state index in [2.05, 4.69) is 15.0 Å². The predicted octanol–water partition coefficient (Wildman–Crippen LogP) is 0.618. The average molecular weight is 208 g/mol. The lowest BCUT2D eigenvalue weighted by molar-refractivity contribution is 0.0589. The average Bonchev–Trinajstić information content (AvgIpc) is 2.28. The third-order valence-electron chi connectivity index (χ3n) is 1.77. The molecule has 1 aromatic rings. The van der Waals surface area contributed by atoms with Crippen LogP contribution in [-0.2, 0) is 4.74 Å². The van der Waals surface area contributed by atoms with Crippen LogP contribution in [0.25, 0.3) is 0 Å². The summed E-state index contributed by atoms with van der Waals surface area (Å²) in [6.45, 7) is 2.29. The molecule has 0 aliphatic carbocycles. The second-order valence-electron chi connectivity index (χ2n) is 2.75. The summed E-state index contributed by atoms with van der Waals surface area (Å²) in [6.07, 6.45) is 1.44. The van der Waals surface area contributed by atoms with Gasteiger partial charge in [-0.2, -0.15) is 0 Å². The Morgan fingerprint density at radius 2 is 2.27 bits per heavy atom. The molecule has 5 nitrogen and oxygen atoms in total. The summed E-state index contributed by atoms with van der Waals surface area (Å²) in [7, 11) is 1.25. The van der Waals surface area contributed by atoms with Crippen LogP contribution in [0.2, 0.25) is 0 Å². The number of hydrogen-bond acceptors (Lipinski definition) is 4. The molecule has 1 amide bonds. The number of nitrogens with one attached hydrogen (secondary N) is 1. The molecule has 80 valence electrons. The van der Waals surface area contributed by atoms with Gasteiger partial charge in [-0.25, -0.2) is 9.78 Å². The van der Waals surface area contributed by atoms with Gasteiger partial charge in [-0.15, -0.1) is 0 Å². The molecule has 0 aromatic carbocycles. The fourth-order valence-electron chi connectivity index (χ4n) is 1.10. The number of pyridine rings is 1. The zero-order valence-corrected chi connectivity index (χ0v) is 8.61. The molecule has 0 fully saturated rings. The van der Waals surface area contributed by atoms with E-state index in [9.17, 15) is 9.59 Å². The lowest BCUT2D eigenvalue weighted by Crippen LogP contribution is -2.25. The SMILES string of the molecule is CCNC(=O)c1cccnc1C(=O)OC. The fourth-order valence-corrected chi connectivity index (χ4v) is 1.10. The zero-order valence-electron chi connectivity index (χ0n) is 8.61. The Bertz CT molecular complexity index is 377. The van der Waals surface area contributed by atoms with E-state index in [-0.39, 0.29) is 17.2 Å². The second kappa shape index (κ2) is 5.09. The molecular weight excluding hydrogens is 196 g/mol. The molecule has 0 bridgehead atoms. The quantitative estimate of drug-likeness (QED) is 0.739. The smallest absolute Gasteiger partial charge is 0.357 e. The number of carbonyl (C=O) groups excluding carboxylic acids is 2. The molecule has 1 heterocycles. The first-order valence-corrected chi connectivity index (χ1v) is 4.52. The van der Waals surface area contributed by atoms with E-state index in [1.807, 2.05) is 0 Å². The molecule has 0 spiro atoms. The highest BCUT2D eigenvalue weighted by atomic mass is 16.5. The number of esters is 1. The van der Waals surface area contributed by atoms with E-state index < -0.39 is 5.97 Å². The first-order chi connectivity index (χ1) is 7.20. The van der Waals surface area contributed by atoms with Crippen molar-refractivity contribution in [2.24, 2.45) is 0 Å². The van der Waals surface area contributed by atoms with Gasteiger partial charge >= 0.3 is 5.97 Å². The number of hydrogen-bond donors (Lipinski definition) is 1. The van der Waals surface area contributed by atoms with Crippen molar-refractivity contribution >= 4 is 11.9 Å². The van der Waals surface area contributed by atoms with Crippen molar-refractivity contribution in [1.82, 2.24) is 10.3 Å². The van der Waals surface area contributed by atoms with Crippen molar-refractivity contribution in [3.8, 4) is 0 Å². The number of amides is 1. The Labute approximate surface area is 87.5 Å². The molecular formula is C10H12N2O3. The molecule has 0 saturated carbocycles. The maximum absolute atomic E-state index is 11.5. The van der Waals surface area contributed by atoms with Crippen LogP contribution in [0.1, 0.15) is 27.8 Å². The molecule has 0 unspecified atom stereocenters. The minimum Gasteiger partial charge on any atom is -0.464 e. The molecule has 1 rings (SSSR count). The summed E-state index contributed by atoms with van der Waals surface area (Å²) in [6, 6.07) is 3.13. The van der Waals surface area contributed by atoms with Crippen molar-refractivity contribution in [3.63, 3.8) is 0 Å². The second-order valence-corrected chi connectivity index (χ2v) is 2.75. The van der Waals surface area contributed by atoms with Gasteiger partial charge < -0.3 is 10.1 Å². The largest absolute Gasteiger partial charge is 0.464 e. The van der Waals surface area contributed by atoms with Crippen molar-refractivity contribution in [2.75, 3.05) is 13.7 Å². The van der Waals surface area contributed by atoms with Crippen molar-refractivity contribution in [2.45, 2.75) is 6.92 Å². The van der Waals surface area contributed by atoms with Gasteiger partial charge in [-0.1, -0.05) is 0 Å². The van der Waals surface area contributed by atoms with Gasteiger partial charge in [-0.3, -0.25) is 4.79 Å². The molecule has 15 heavy (non-hydrogen) atoms. The highest BCUT2D eigenvalue weighted by Crippen LogP contribution is 2.06. The Morgan fingerprint density at radius 1 is 1.53 bits per heavy atom. The first kappa shape index (κ1) is 11.2. The van der Waals surface area contributed by atoms with Gasteiger partial charge in [0.05, 0.1) is 12.7 Å². The number of nitrogens with zero attached hydrogens (tertiary/aromatic N) is 1. The van der Waals surface area contributed by atoms with Gasteiger partial charge in [0, 0.05) is 12.7 Å². The van der Waals surface area contributed by atoms with Gasteiger partial charge in [0.25, 0.3) is 5.91 Å². The third-order valence-corrected chi connectivity index (χ3v) is 1.77. The topological polar surface area (TPSA) is 68.3 Å². The molecule has 5 heteroatoms. The van der Waals surface area contributed by atoms with Crippen LogP contribution in [0.15, 0.2) is 18.3 Å². The van der Waals surface area contributed by atoms with E-state index in [0.29, 0.717) is 6.54 Å². The third kappa shape index (κ3) is 2.52. The van der Waals surface area contributed by atoms with Crippen molar-refractivity contribution in [1.29, 1.82) is 0 Å². The zero-order chi connectivity index (χ0) is 11.3. The Hall–Kier alpha value is -1.91. The van der Waals surface area contributed by atoms with Crippen LogP contribution < -0.4 is 5.32 Å². The van der Waals surface area contributed by atoms with Crippen LogP contribution in [-0.4, -0.2) is 30.5 Å². The van der Waals surface area contributed by atoms with Crippen LogP contribution in [0.3, 0.4) is 0 Å². The molecule has 0 aliphatic heterocycles. The van der Waals surface area contributed by atoms with E-state index in [0.717, 1.165) is 0 Å². The van der Waals surface area contributed by atoms with Gasteiger partial charge in [-0.05, 0) is 19.1 Å². The number of ether oxygens (including phenoxy) is 1. The number of rotatable bonds is 3. The summed E-state index contributed by atoms with van der Waals surface area (Å²) < 4.78 is 4.52. The van der Waals surface area contributed by atoms with Crippen LogP contribution in [0.5, 0.6) is 0 Å². The Balaban J connectivity index is 3.06. The summed E-state index contributed by atoms with van der Waals surface area (Å²) in [5.74, 6) is -0.942. The molecule has 0 radical (unpaired) electrons. The number of aromatic nitrogens is 1. The first-order valence-electron chi connectivity index (χ1n) is 4.52. The highest BCUT2D eigenvalue weighted by Gasteiger charge is 2.17. The van der Waals surface area contributed by atoms with E-state index in [1.54, 1.807) is 13.0 Å². The van der Waals surface area contributed by atoms with E-state index >= 15 is 0 Å². The molecule has 0 atom stereocenters. The summed E-state index contributed by atoms with van der Waals surface area (Å²) in [5.41, 5.74) is 0.261. The fraction of sp³-hybridized carbons (Fsp3) is 0.300. The van der Waals surface area contributed by atoms with Gasteiger partial charge in [0.1, 0.15) is 0 Å². The standard InChI is InChI=1S/C10H12N2O3/c1-3-11-9(13)7-5-4-6-12-8(7)10(14)15-2/h4-6H,3H2,1-2H3,(H,11,13). The molecule has 0 saturated heterocycles. The van der Waals surface area contributed by atoms with Crippen molar-refractivity contribution < 1.29 is 14.3 Å². The van der Waals surface area contributed by atoms with Crippen LogP contribution >= 0.6 is 0 Å². The van der Waals surface area contributed by atoms with Gasteiger partial charge in [0.2, 0.25) is 0 Å². The van der Waals surface area contributed by atoms with Gasteiger partial charge in [0.15, 0.2) is 5.69 Å². The minimum atomic E-state index is -0.614. The highest BCUT2D eigenvalue weighted by molar-refractivity contribution is 6.04. The number of methoxy groups -OCH3 is 1. The maximum atomic E-state index is 11.5. The van der Waals surface area contributed by atoms with Crippen LogP contribution in [0.4, 0.5) is 0 Å². The van der Waals surface area contributed by atoms with E-state index in [4.69, 9.17) is 0 Å². The van der Waals surface area contributed by atoms with Crippen molar-refractivity contribution in [3.05, 3.63) is 29.6 Å².